The summed E-state index contributed by atoms with van der Waals surface area (Å²) in [6, 6.07) is 25.9. The third kappa shape index (κ3) is 3.73. The fourth-order valence-electron chi connectivity index (χ4n) is 3.47. The van der Waals surface area contributed by atoms with Crippen molar-refractivity contribution < 1.29 is 4.74 Å². The molecule has 0 radical (unpaired) electrons. The minimum Gasteiger partial charge on any atom is -0.497 e. The van der Waals surface area contributed by atoms with Gasteiger partial charge in [0, 0.05) is 27.7 Å². The molecule has 0 saturated carbocycles. The summed E-state index contributed by atoms with van der Waals surface area (Å²) in [5.41, 5.74) is 3.67. The number of ether oxygens (including phenoxy) is 1. The van der Waals surface area contributed by atoms with Crippen LogP contribution in [0.25, 0.3) is 27.9 Å². The molecule has 5 rings (SSSR count). The molecule has 0 spiro atoms. The first-order chi connectivity index (χ1) is 15.2. The Bertz CT molecular complexity index is 1390. The van der Waals surface area contributed by atoms with Gasteiger partial charge < -0.3 is 4.74 Å². The molecule has 0 aliphatic rings. The van der Waals surface area contributed by atoms with E-state index < -0.39 is 0 Å². The summed E-state index contributed by atoms with van der Waals surface area (Å²) in [6.45, 7) is 0. The SMILES string of the molecule is COc1ccc(-c2cnc3c(-c4ccc(Sc5ccccc5)cc4)c[nH]n3c2=O)cc1. The molecule has 2 heterocycles. The van der Waals surface area contributed by atoms with Crippen molar-refractivity contribution in [1.82, 2.24) is 14.6 Å². The molecule has 152 valence electrons. The molecular weight excluding hydrogens is 406 g/mol. The molecule has 3 aromatic carbocycles. The lowest BCUT2D eigenvalue weighted by molar-refractivity contribution is 0.415. The molecule has 1 N–H and O–H groups in total. The van der Waals surface area contributed by atoms with Crippen molar-refractivity contribution in [2.24, 2.45) is 0 Å². The van der Waals surface area contributed by atoms with Gasteiger partial charge in [-0.05, 0) is 47.5 Å². The van der Waals surface area contributed by atoms with Crippen molar-refractivity contribution in [1.29, 1.82) is 0 Å². The normalized spacial score (nSPS) is 11.0. The minimum atomic E-state index is -0.141. The maximum atomic E-state index is 13.0. The molecule has 0 atom stereocenters. The van der Waals surface area contributed by atoms with Gasteiger partial charge in [-0.1, -0.05) is 54.2 Å². The third-order valence-corrected chi connectivity index (χ3v) is 6.10. The second kappa shape index (κ2) is 8.16. The molecule has 0 amide bonds. The Hall–Kier alpha value is -3.77. The van der Waals surface area contributed by atoms with Crippen molar-refractivity contribution in [3.05, 3.63) is 102 Å². The van der Waals surface area contributed by atoms with Crippen LogP contribution in [0.5, 0.6) is 5.75 Å². The Morgan fingerprint density at radius 1 is 0.839 bits per heavy atom. The molecule has 31 heavy (non-hydrogen) atoms. The van der Waals surface area contributed by atoms with Crippen LogP contribution in [0, 0.1) is 0 Å². The highest BCUT2D eigenvalue weighted by atomic mass is 32.2. The van der Waals surface area contributed by atoms with Gasteiger partial charge >= 0.3 is 0 Å². The average molecular weight is 426 g/mol. The highest BCUT2D eigenvalue weighted by Crippen LogP contribution is 2.30. The lowest BCUT2D eigenvalue weighted by Crippen LogP contribution is -2.16. The van der Waals surface area contributed by atoms with E-state index in [1.54, 1.807) is 25.1 Å². The zero-order chi connectivity index (χ0) is 21.2. The van der Waals surface area contributed by atoms with Crippen LogP contribution in [0.4, 0.5) is 0 Å². The Labute approximate surface area is 183 Å². The first-order valence-corrected chi connectivity index (χ1v) is 10.6. The van der Waals surface area contributed by atoms with E-state index in [0.29, 0.717) is 11.2 Å². The van der Waals surface area contributed by atoms with E-state index in [0.717, 1.165) is 27.3 Å². The van der Waals surface area contributed by atoms with Crippen molar-refractivity contribution in [3.8, 4) is 28.0 Å². The predicted octanol–water partition coefficient (Wildman–Crippen LogP) is 5.52. The first-order valence-electron chi connectivity index (χ1n) is 9.80. The number of H-pyrrole nitrogens is 1. The predicted molar refractivity (Wildman–Crippen MR) is 124 cm³/mol. The molecule has 0 unspecified atom stereocenters. The smallest absolute Gasteiger partial charge is 0.280 e. The number of methoxy groups -OCH3 is 1. The number of nitrogens with zero attached hydrogens (tertiary/aromatic N) is 2. The average Bonchev–Trinajstić information content (AvgIpc) is 3.26. The van der Waals surface area contributed by atoms with Crippen LogP contribution in [0.2, 0.25) is 0 Å². The molecule has 5 nitrogen and oxygen atoms in total. The van der Waals surface area contributed by atoms with Gasteiger partial charge in [-0.3, -0.25) is 9.89 Å². The number of rotatable bonds is 5. The van der Waals surface area contributed by atoms with Crippen LogP contribution in [0.3, 0.4) is 0 Å². The maximum Gasteiger partial charge on any atom is 0.280 e. The molecule has 5 aromatic rings. The quantitative estimate of drug-likeness (QED) is 0.403. The second-order valence-corrected chi connectivity index (χ2v) is 8.14. The fraction of sp³-hybridized carbons (Fsp3) is 0.0400. The van der Waals surface area contributed by atoms with E-state index in [1.807, 2.05) is 48.7 Å². The van der Waals surface area contributed by atoms with Gasteiger partial charge in [-0.15, -0.1) is 0 Å². The van der Waals surface area contributed by atoms with E-state index in [2.05, 4.69) is 46.5 Å². The number of hydrogen-bond acceptors (Lipinski definition) is 4. The van der Waals surface area contributed by atoms with Crippen molar-refractivity contribution in [3.63, 3.8) is 0 Å². The summed E-state index contributed by atoms with van der Waals surface area (Å²) in [7, 11) is 1.62. The Morgan fingerprint density at radius 2 is 1.48 bits per heavy atom. The van der Waals surface area contributed by atoms with Gasteiger partial charge in [-0.25, -0.2) is 9.50 Å². The number of nitrogens with one attached hydrogen (secondary N) is 1. The fourth-order valence-corrected chi connectivity index (χ4v) is 4.30. The van der Waals surface area contributed by atoms with Crippen LogP contribution in [0.1, 0.15) is 0 Å². The van der Waals surface area contributed by atoms with Gasteiger partial charge in [-0.2, -0.15) is 0 Å². The standard InChI is InChI=1S/C25H19N3O2S/c1-30-19-11-7-18(8-12-19)23-15-26-24-22(16-27-28(24)25(23)29)17-9-13-21(14-10-17)31-20-5-3-2-4-6-20/h2-16,27H,1H3. The summed E-state index contributed by atoms with van der Waals surface area (Å²) >= 11 is 1.71. The number of hydrogen-bond donors (Lipinski definition) is 1. The van der Waals surface area contributed by atoms with Crippen LogP contribution < -0.4 is 10.3 Å². The zero-order valence-corrected chi connectivity index (χ0v) is 17.6. The van der Waals surface area contributed by atoms with Crippen LogP contribution in [-0.2, 0) is 0 Å². The highest BCUT2D eigenvalue weighted by Gasteiger charge is 2.13. The van der Waals surface area contributed by atoms with E-state index in [4.69, 9.17) is 4.74 Å². The summed E-state index contributed by atoms with van der Waals surface area (Å²) in [4.78, 5) is 20.0. The molecular formula is C25H19N3O2S. The number of aromatic amines is 1. The summed E-state index contributed by atoms with van der Waals surface area (Å²) in [5.74, 6) is 0.744. The minimum absolute atomic E-state index is 0.141. The van der Waals surface area contributed by atoms with E-state index in [-0.39, 0.29) is 5.56 Å². The van der Waals surface area contributed by atoms with Crippen LogP contribution >= 0.6 is 11.8 Å². The van der Waals surface area contributed by atoms with Gasteiger partial charge in [0.2, 0.25) is 0 Å². The molecule has 0 saturated heterocycles. The van der Waals surface area contributed by atoms with Crippen LogP contribution in [0.15, 0.2) is 106 Å². The Morgan fingerprint density at radius 3 is 2.19 bits per heavy atom. The molecule has 0 bridgehead atoms. The largest absolute Gasteiger partial charge is 0.497 e. The molecule has 0 aliphatic carbocycles. The van der Waals surface area contributed by atoms with E-state index in [9.17, 15) is 4.79 Å². The molecule has 0 aliphatic heterocycles. The van der Waals surface area contributed by atoms with Gasteiger partial charge in [0.05, 0.1) is 12.7 Å². The second-order valence-electron chi connectivity index (χ2n) is 6.99. The monoisotopic (exact) mass is 425 g/mol. The van der Waals surface area contributed by atoms with Crippen molar-refractivity contribution >= 4 is 17.4 Å². The van der Waals surface area contributed by atoms with Crippen molar-refractivity contribution in [2.45, 2.75) is 9.79 Å². The van der Waals surface area contributed by atoms with Crippen LogP contribution in [-0.4, -0.2) is 21.7 Å². The Kier molecular flexibility index (Phi) is 5.06. The molecule has 0 fully saturated rings. The summed E-state index contributed by atoms with van der Waals surface area (Å²) in [5, 5.41) is 3.05. The Balaban J connectivity index is 1.47. The first kappa shape index (κ1) is 19.2. The number of aromatic nitrogens is 3. The van der Waals surface area contributed by atoms with E-state index in [1.165, 1.54) is 9.41 Å². The van der Waals surface area contributed by atoms with E-state index >= 15 is 0 Å². The van der Waals surface area contributed by atoms with Crippen molar-refractivity contribution in [2.75, 3.05) is 7.11 Å². The number of benzene rings is 3. The number of fused-ring (bicyclic) bond motifs is 1. The molecule has 2 aromatic heterocycles. The van der Waals surface area contributed by atoms with Gasteiger partial charge in [0.1, 0.15) is 5.75 Å². The zero-order valence-electron chi connectivity index (χ0n) is 16.8. The highest BCUT2D eigenvalue weighted by molar-refractivity contribution is 7.99. The van der Waals surface area contributed by atoms with Gasteiger partial charge in [0.15, 0.2) is 5.65 Å². The van der Waals surface area contributed by atoms with Gasteiger partial charge in [0.25, 0.3) is 5.56 Å². The maximum absolute atomic E-state index is 13.0. The summed E-state index contributed by atoms with van der Waals surface area (Å²) < 4.78 is 6.68. The lowest BCUT2D eigenvalue weighted by atomic mass is 10.1. The molecule has 6 heteroatoms. The topological polar surface area (TPSA) is 59.4 Å². The summed E-state index contributed by atoms with van der Waals surface area (Å²) in [6.07, 6.45) is 3.46. The third-order valence-electron chi connectivity index (χ3n) is 5.09. The lowest BCUT2D eigenvalue weighted by Gasteiger charge is -2.05.